The lowest BCUT2D eigenvalue weighted by molar-refractivity contribution is -0.114. The van der Waals surface area contributed by atoms with Crippen LogP contribution in [-0.2, 0) is 19.6 Å². The highest BCUT2D eigenvalue weighted by atomic mass is 32.2. The van der Waals surface area contributed by atoms with Crippen LogP contribution in [0.5, 0.6) is 0 Å². The first kappa shape index (κ1) is 21.4. The van der Waals surface area contributed by atoms with Gasteiger partial charge in [-0.1, -0.05) is 23.8 Å². The molecule has 8 heteroatoms. The Kier molecular flexibility index (Phi) is 6.45. The number of methoxy groups -OCH3 is 1. The molecule has 7 nitrogen and oxygen atoms in total. The molecule has 0 saturated carbocycles. The van der Waals surface area contributed by atoms with Gasteiger partial charge in [0.15, 0.2) is 0 Å². The Bertz CT molecular complexity index is 992. The molecule has 0 saturated heterocycles. The molecule has 1 amide bonds. The van der Waals surface area contributed by atoms with Crippen molar-refractivity contribution in [2.24, 2.45) is 0 Å². The van der Waals surface area contributed by atoms with Gasteiger partial charge in [-0.3, -0.25) is 9.10 Å². The number of hydrogen-bond acceptors (Lipinski definition) is 5. The molecule has 0 unspecified atom stereocenters. The number of carbonyl (C=O) groups excluding carboxylic acids is 2. The summed E-state index contributed by atoms with van der Waals surface area (Å²) < 4.78 is 30.5. The zero-order valence-electron chi connectivity index (χ0n) is 16.6. The topological polar surface area (TPSA) is 92.8 Å². The molecule has 28 heavy (non-hydrogen) atoms. The predicted molar refractivity (Wildman–Crippen MR) is 109 cm³/mol. The fraction of sp³-hybridized carbons (Fsp3) is 0.300. The van der Waals surface area contributed by atoms with Crippen LogP contribution in [0.25, 0.3) is 0 Å². The van der Waals surface area contributed by atoms with Crippen molar-refractivity contribution in [2.75, 3.05) is 29.5 Å². The molecule has 0 heterocycles. The summed E-state index contributed by atoms with van der Waals surface area (Å²) >= 11 is 0. The maximum atomic E-state index is 12.5. The van der Waals surface area contributed by atoms with Crippen LogP contribution in [0.15, 0.2) is 36.4 Å². The molecule has 0 bridgehead atoms. The summed E-state index contributed by atoms with van der Waals surface area (Å²) in [5, 5.41) is 2.63. The van der Waals surface area contributed by atoms with Gasteiger partial charge in [0.2, 0.25) is 15.9 Å². The van der Waals surface area contributed by atoms with Gasteiger partial charge in [-0.05, 0) is 50.1 Å². The molecule has 2 aromatic rings. The first-order chi connectivity index (χ1) is 13.0. The third-order valence-corrected chi connectivity index (χ3v) is 5.25. The number of sulfonamides is 1. The van der Waals surface area contributed by atoms with Crippen LogP contribution in [0.4, 0.5) is 11.4 Å². The molecule has 2 aromatic carbocycles. The maximum Gasteiger partial charge on any atom is 0.337 e. The molecule has 0 aliphatic carbocycles. The monoisotopic (exact) mass is 404 g/mol. The van der Waals surface area contributed by atoms with Gasteiger partial charge in [-0.2, -0.15) is 0 Å². The lowest BCUT2D eigenvalue weighted by atomic mass is 10.1. The minimum atomic E-state index is -3.69. The lowest BCUT2D eigenvalue weighted by Crippen LogP contribution is -2.38. The number of esters is 1. The largest absolute Gasteiger partial charge is 0.465 e. The Morgan fingerprint density at radius 2 is 1.68 bits per heavy atom. The summed E-state index contributed by atoms with van der Waals surface area (Å²) in [4.78, 5) is 24.2. The number of benzene rings is 2. The van der Waals surface area contributed by atoms with E-state index in [9.17, 15) is 18.0 Å². The molecule has 0 fully saturated rings. The van der Waals surface area contributed by atoms with Gasteiger partial charge in [0.05, 0.1) is 24.6 Å². The van der Waals surface area contributed by atoms with Crippen LogP contribution in [0.3, 0.4) is 0 Å². The zero-order valence-corrected chi connectivity index (χ0v) is 17.4. The minimum absolute atomic E-state index is 0.283. The fourth-order valence-corrected chi connectivity index (χ4v) is 4.07. The number of hydrogen-bond donors (Lipinski definition) is 1. The summed E-state index contributed by atoms with van der Waals surface area (Å²) in [7, 11) is -2.42. The van der Waals surface area contributed by atoms with Crippen molar-refractivity contribution in [1.29, 1.82) is 0 Å². The molecule has 150 valence electrons. The summed E-state index contributed by atoms with van der Waals surface area (Å²) in [5.74, 6) is -1.05. The number of anilines is 2. The van der Waals surface area contributed by atoms with Gasteiger partial charge < -0.3 is 10.1 Å². The van der Waals surface area contributed by atoms with E-state index in [1.807, 2.05) is 32.9 Å². The van der Waals surface area contributed by atoms with Crippen LogP contribution in [0.1, 0.15) is 27.0 Å². The van der Waals surface area contributed by atoms with Gasteiger partial charge in [0.25, 0.3) is 0 Å². The summed E-state index contributed by atoms with van der Waals surface area (Å²) in [6.07, 6.45) is 1.07. The first-order valence-corrected chi connectivity index (χ1v) is 10.4. The number of nitrogens with zero attached hydrogens (tertiary/aromatic N) is 1. The number of ether oxygens (including phenoxy) is 1. The van der Waals surface area contributed by atoms with Crippen LogP contribution in [0.2, 0.25) is 0 Å². The number of carbonyl (C=O) groups is 2. The molecule has 1 N–H and O–H groups in total. The van der Waals surface area contributed by atoms with Crippen LogP contribution < -0.4 is 9.62 Å². The Labute approximate surface area is 165 Å². The lowest BCUT2D eigenvalue weighted by Gasteiger charge is -2.26. The normalized spacial score (nSPS) is 11.0. The SMILES string of the molecule is COC(=O)c1cccc(NC(=O)CN(c2c(C)cc(C)cc2C)S(C)(=O)=O)c1. The summed E-state index contributed by atoms with van der Waals surface area (Å²) in [6.45, 7) is 5.16. The second kappa shape index (κ2) is 8.43. The molecular weight excluding hydrogens is 380 g/mol. The van der Waals surface area contributed by atoms with Crippen LogP contribution in [-0.4, -0.2) is 40.2 Å². The highest BCUT2D eigenvalue weighted by molar-refractivity contribution is 7.92. The van der Waals surface area contributed by atoms with Crippen molar-refractivity contribution in [1.82, 2.24) is 0 Å². The van der Waals surface area contributed by atoms with Crippen molar-refractivity contribution in [3.05, 3.63) is 58.7 Å². The molecule has 0 atom stereocenters. The summed E-state index contributed by atoms with van der Waals surface area (Å²) in [5.41, 5.74) is 3.69. The Morgan fingerprint density at radius 1 is 1.07 bits per heavy atom. The number of rotatable bonds is 6. The van der Waals surface area contributed by atoms with E-state index in [4.69, 9.17) is 0 Å². The zero-order chi connectivity index (χ0) is 21.1. The quantitative estimate of drug-likeness (QED) is 0.748. The van der Waals surface area contributed by atoms with E-state index in [-0.39, 0.29) is 12.1 Å². The number of aryl methyl sites for hydroxylation is 3. The number of nitrogens with one attached hydrogen (secondary N) is 1. The molecular formula is C20H24N2O5S. The minimum Gasteiger partial charge on any atom is -0.465 e. The van der Waals surface area contributed by atoms with Gasteiger partial charge in [-0.25, -0.2) is 13.2 Å². The van der Waals surface area contributed by atoms with Crippen LogP contribution in [0, 0.1) is 20.8 Å². The van der Waals surface area contributed by atoms with E-state index < -0.39 is 21.9 Å². The average molecular weight is 404 g/mol. The van der Waals surface area contributed by atoms with Gasteiger partial charge in [0, 0.05) is 5.69 Å². The molecule has 0 radical (unpaired) electrons. The standard InChI is InChI=1S/C20H24N2O5S/c1-13-9-14(2)19(15(3)10-13)22(28(5,25)26)12-18(23)21-17-8-6-7-16(11-17)20(24)27-4/h6-11H,12H2,1-5H3,(H,21,23). The third-order valence-electron chi connectivity index (χ3n) is 4.14. The Hall–Kier alpha value is -2.87. The van der Waals surface area contributed by atoms with Crippen molar-refractivity contribution < 1.29 is 22.7 Å². The van der Waals surface area contributed by atoms with E-state index in [1.165, 1.54) is 13.2 Å². The Morgan fingerprint density at radius 3 is 2.21 bits per heavy atom. The predicted octanol–water partition coefficient (Wildman–Crippen LogP) is 2.80. The van der Waals surface area contributed by atoms with E-state index in [0.717, 1.165) is 27.3 Å². The second-order valence-electron chi connectivity index (χ2n) is 6.64. The van der Waals surface area contributed by atoms with Gasteiger partial charge in [0.1, 0.15) is 6.54 Å². The Balaban J connectivity index is 2.30. The molecule has 0 aromatic heterocycles. The van der Waals surface area contributed by atoms with Gasteiger partial charge in [-0.15, -0.1) is 0 Å². The summed E-state index contributed by atoms with van der Waals surface area (Å²) in [6, 6.07) is 9.98. The van der Waals surface area contributed by atoms with Crippen LogP contribution >= 0.6 is 0 Å². The van der Waals surface area contributed by atoms with Crippen molar-refractivity contribution in [2.45, 2.75) is 20.8 Å². The first-order valence-electron chi connectivity index (χ1n) is 8.56. The van der Waals surface area contributed by atoms with Gasteiger partial charge >= 0.3 is 5.97 Å². The van der Waals surface area contributed by atoms with Crippen molar-refractivity contribution in [3.8, 4) is 0 Å². The fourth-order valence-electron chi connectivity index (χ4n) is 3.10. The van der Waals surface area contributed by atoms with Crippen molar-refractivity contribution in [3.63, 3.8) is 0 Å². The molecule has 0 aliphatic rings. The molecule has 2 rings (SSSR count). The molecule has 0 spiro atoms. The van der Waals surface area contributed by atoms with E-state index >= 15 is 0 Å². The number of amides is 1. The molecule has 0 aliphatic heterocycles. The third kappa shape index (κ3) is 5.10. The highest BCUT2D eigenvalue weighted by Crippen LogP contribution is 2.28. The van der Waals surface area contributed by atoms with E-state index in [0.29, 0.717) is 11.4 Å². The van der Waals surface area contributed by atoms with E-state index in [1.54, 1.807) is 18.2 Å². The highest BCUT2D eigenvalue weighted by Gasteiger charge is 2.24. The maximum absolute atomic E-state index is 12.5. The second-order valence-corrected chi connectivity index (χ2v) is 8.54. The average Bonchev–Trinajstić information content (AvgIpc) is 2.58. The smallest absolute Gasteiger partial charge is 0.337 e. The van der Waals surface area contributed by atoms with Crippen molar-refractivity contribution >= 4 is 33.3 Å². The van der Waals surface area contributed by atoms with E-state index in [2.05, 4.69) is 10.1 Å².